The van der Waals surface area contributed by atoms with Crippen LogP contribution in [0.25, 0.3) is 78.3 Å². The second-order valence-corrected chi connectivity index (χ2v) is 11.6. The molecule has 220 valence electrons. The lowest BCUT2D eigenvalue weighted by atomic mass is 9.92. The van der Waals surface area contributed by atoms with E-state index in [0.29, 0.717) is 23.5 Å². The van der Waals surface area contributed by atoms with Gasteiger partial charge in [0.1, 0.15) is 11.5 Å². The van der Waals surface area contributed by atoms with Gasteiger partial charge in [-0.05, 0) is 51.4 Å². The number of hydrogen-bond acceptors (Lipinski definition) is 4. The van der Waals surface area contributed by atoms with E-state index in [4.69, 9.17) is 21.1 Å². The molecule has 0 atom stereocenters. The molecule has 47 heavy (non-hydrogen) atoms. The van der Waals surface area contributed by atoms with Crippen LogP contribution in [0.4, 0.5) is 0 Å². The van der Waals surface area contributed by atoms with E-state index in [0.717, 1.165) is 61.4 Å². The number of fused-ring (bicyclic) bond motifs is 2. The smallest absolute Gasteiger partial charge is 0.164 e. The number of rotatable bonds is 5. The van der Waals surface area contributed by atoms with Crippen LogP contribution in [-0.4, -0.2) is 15.0 Å². The van der Waals surface area contributed by atoms with Crippen LogP contribution < -0.4 is 4.74 Å². The van der Waals surface area contributed by atoms with Gasteiger partial charge in [-0.3, -0.25) is 0 Å². The van der Waals surface area contributed by atoms with Crippen LogP contribution >= 0.6 is 0 Å². The lowest BCUT2D eigenvalue weighted by Gasteiger charge is -2.22. The summed E-state index contributed by atoms with van der Waals surface area (Å²) in [5, 5.41) is 2.32. The van der Waals surface area contributed by atoms with Gasteiger partial charge >= 0.3 is 0 Å². The molecule has 1 aliphatic rings. The van der Waals surface area contributed by atoms with Crippen molar-refractivity contribution in [2.24, 2.45) is 0 Å². The number of nitrogens with zero attached hydrogens (tertiary/aromatic N) is 3. The highest BCUT2D eigenvalue weighted by Crippen LogP contribution is 2.47. The number of ether oxygens (including phenoxy) is 1. The number of benzene rings is 7. The van der Waals surface area contributed by atoms with Gasteiger partial charge in [0, 0.05) is 27.6 Å². The maximum absolute atomic E-state index is 7.79. The summed E-state index contributed by atoms with van der Waals surface area (Å²) in [6.07, 6.45) is 0. The van der Waals surface area contributed by atoms with E-state index in [1.54, 1.807) is 12.1 Å². The van der Waals surface area contributed by atoms with Gasteiger partial charge in [0.05, 0.1) is 1.37 Å². The third kappa shape index (κ3) is 4.93. The van der Waals surface area contributed by atoms with Crippen LogP contribution in [0.3, 0.4) is 0 Å². The molecule has 8 aromatic rings. The highest BCUT2D eigenvalue weighted by molar-refractivity contribution is 6.04. The average Bonchev–Trinajstić information content (AvgIpc) is 3.16. The van der Waals surface area contributed by atoms with E-state index in [1.807, 2.05) is 66.7 Å². The topological polar surface area (TPSA) is 47.9 Å². The molecule has 4 nitrogen and oxygen atoms in total. The van der Waals surface area contributed by atoms with Crippen LogP contribution in [-0.2, 0) is 0 Å². The molecule has 0 bridgehead atoms. The Morgan fingerprint density at radius 3 is 1.55 bits per heavy atom. The van der Waals surface area contributed by atoms with E-state index in [9.17, 15) is 0 Å². The number of hydrogen-bond donors (Lipinski definition) is 0. The Morgan fingerprint density at radius 2 is 0.894 bits per heavy atom. The maximum atomic E-state index is 7.79. The zero-order valence-electron chi connectivity index (χ0n) is 26.3. The summed E-state index contributed by atoms with van der Waals surface area (Å²) >= 11 is 0. The van der Waals surface area contributed by atoms with E-state index in [2.05, 4.69) is 78.9 Å². The molecule has 9 rings (SSSR count). The monoisotopic (exact) mass is 602 g/mol. The van der Waals surface area contributed by atoms with Gasteiger partial charge in [-0.25, -0.2) is 15.0 Å². The van der Waals surface area contributed by atoms with Crippen molar-refractivity contribution in [3.63, 3.8) is 0 Å². The molecule has 0 aliphatic carbocycles. The van der Waals surface area contributed by atoms with Gasteiger partial charge < -0.3 is 4.74 Å². The van der Waals surface area contributed by atoms with Crippen LogP contribution in [0.5, 0.6) is 11.5 Å². The van der Waals surface area contributed by atoms with Crippen molar-refractivity contribution in [1.82, 2.24) is 15.0 Å². The first-order valence-electron chi connectivity index (χ1n) is 16.1. The summed E-state index contributed by atoms with van der Waals surface area (Å²) in [6, 6.07) is 53.7. The van der Waals surface area contributed by atoms with Crippen molar-refractivity contribution >= 4 is 10.8 Å². The zero-order valence-corrected chi connectivity index (χ0v) is 25.3. The molecular formula is C43H27N3O. The van der Waals surface area contributed by atoms with Crippen LogP contribution in [0.1, 0.15) is 1.37 Å². The van der Waals surface area contributed by atoms with Crippen LogP contribution in [0.15, 0.2) is 164 Å². The molecule has 0 saturated carbocycles. The summed E-state index contributed by atoms with van der Waals surface area (Å²) in [5.74, 6) is 3.61. The molecular weight excluding hydrogens is 574 g/mol. The zero-order chi connectivity index (χ0) is 32.0. The Balaban J connectivity index is 1.08. The largest absolute Gasteiger partial charge is 0.456 e. The first-order valence-corrected chi connectivity index (χ1v) is 15.6. The van der Waals surface area contributed by atoms with Gasteiger partial charge in [0.2, 0.25) is 0 Å². The molecule has 0 amide bonds. The highest BCUT2D eigenvalue weighted by Gasteiger charge is 2.20. The van der Waals surface area contributed by atoms with Crippen LogP contribution in [0.2, 0.25) is 0 Å². The molecule has 0 radical (unpaired) electrons. The summed E-state index contributed by atoms with van der Waals surface area (Å²) in [5.41, 5.74) is 9.36. The second-order valence-electron chi connectivity index (χ2n) is 11.6. The first kappa shape index (κ1) is 25.9. The van der Waals surface area contributed by atoms with Crippen molar-refractivity contribution in [2.75, 3.05) is 0 Å². The molecule has 7 aromatic carbocycles. The van der Waals surface area contributed by atoms with Crippen molar-refractivity contribution in [2.45, 2.75) is 0 Å². The van der Waals surface area contributed by atoms with Crippen LogP contribution in [0, 0.1) is 0 Å². The van der Waals surface area contributed by atoms with Gasteiger partial charge in [0.15, 0.2) is 17.5 Å². The summed E-state index contributed by atoms with van der Waals surface area (Å²) in [4.78, 5) is 14.8. The molecule has 0 N–H and O–H groups in total. The first-order chi connectivity index (χ1) is 23.7. The Labute approximate surface area is 274 Å². The molecule has 0 unspecified atom stereocenters. The molecule has 0 saturated heterocycles. The van der Waals surface area contributed by atoms with E-state index in [1.165, 1.54) is 10.9 Å². The second kappa shape index (κ2) is 11.2. The fourth-order valence-electron chi connectivity index (χ4n) is 6.30. The highest BCUT2D eigenvalue weighted by atomic mass is 16.5. The standard InChI is InChI=1S/C43H27N3O/c1-3-9-28(10-4-1)29-17-21-33(22-18-29)42-44-41(32-11-5-2-6-12-32)45-43(46-42)34-23-19-30(20-24-34)35-25-26-38-37(27-35)36-15-7-13-31-14-8-16-39(47-38)40(31)36/h1-27H/i1D. The molecule has 1 aromatic heterocycles. The molecule has 1 aliphatic heterocycles. The van der Waals surface area contributed by atoms with Crippen molar-refractivity contribution in [3.8, 4) is 79.0 Å². The maximum Gasteiger partial charge on any atom is 0.164 e. The van der Waals surface area contributed by atoms with Crippen molar-refractivity contribution < 1.29 is 6.11 Å². The summed E-state index contributed by atoms with van der Waals surface area (Å²) in [7, 11) is 0. The lowest BCUT2D eigenvalue weighted by molar-refractivity contribution is 0.487. The fourth-order valence-corrected chi connectivity index (χ4v) is 6.30. The Morgan fingerprint density at radius 1 is 0.383 bits per heavy atom. The van der Waals surface area contributed by atoms with Crippen molar-refractivity contribution in [3.05, 3.63) is 164 Å². The Hall–Kier alpha value is -6.39. The summed E-state index contributed by atoms with van der Waals surface area (Å²) in [6.45, 7) is 0. The summed E-state index contributed by atoms with van der Waals surface area (Å²) < 4.78 is 14.1. The Bertz CT molecular complexity index is 2450. The lowest BCUT2D eigenvalue weighted by Crippen LogP contribution is -2.00. The minimum absolute atomic E-state index is 0.496. The van der Waals surface area contributed by atoms with E-state index in [-0.39, 0.29) is 0 Å². The number of aromatic nitrogens is 3. The van der Waals surface area contributed by atoms with E-state index < -0.39 is 0 Å². The van der Waals surface area contributed by atoms with E-state index >= 15 is 0 Å². The third-order valence-electron chi connectivity index (χ3n) is 8.69. The molecule has 4 heteroatoms. The Kier molecular flexibility index (Phi) is 6.17. The predicted octanol–water partition coefficient (Wildman–Crippen LogP) is 11.1. The molecule has 2 heterocycles. The minimum Gasteiger partial charge on any atom is -0.456 e. The van der Waals surface area contributed by atoms with Crippen molar-refractivity contribution in [1.29, 1.82) is 0 Å². The van der Waals surface area contributed by atoms with Gasteiger partial charge in [-0.1, -0.05) is 146 Å². The molecule has 0 fully saturated rings. The quantitative estimate of drug-likeness (QED) is 0.197. The van der Waals surface area contributed by atoms with Gasteiger partial charge in [-0.15, -0.1) is 0 Å². The average molecular weight is 603 g/mol. The predicted molar refractivity (Wildman–Crippen MR) is 190 cm³/mol. The normalized spacial score (nSPS) is 11.9. The fraction of sp³-hybridized carbons (Fsp3) is 0. The minimum atomic E-state index is 0.496. The molecule has 0 spiro atoms. The SMILES string of the molecule is [2H]c1ccc(-c2ccc(-c3nc(-c4ccccc4)nc(-c4ccc(-c5ccc6c(c5)-c5cccc7cccc(c57)O6)cc4)n3)cc2)cc1. The van der Waals surface area contributed by atoms with Gasteiger partial charge in [-0.2, -0.15) is 0 Å². The van der Waals surface area contributed by atoms with Gasteiger partial charge in [0.25, 0.3) is 0 Å². The third-order valence-corrected chi connectivity index (χ3v) is 8.69.